The summed E-state index contributed by atoms with van der Waals surface area (Å²) >= 11 is 0. The van der Waals surface area contributed by atoms with E-state index in [4.69, 9.17) is 0 Å². The third kappa shape index (κ3) is 2.85. The van der Waals surface area contributed by atoms with E-state index in [2.05, 4.69) is 31.0 Å². The van der Waals surface area contributed by atoms with Crippen LogP contribution in [0.3, 0.4) is 0 Å². The Morgan fingerprint density at radius 2 is 1.89 bits per heavy atom. The molecule has 3 unspecified atom stereocenters. The van der Waals surface area contributed by atoms with Gasteiger partial charge in [-0.05, 0) is 26.3 Å². The number of nitrogens with one attached hydrogen (secondary N) is 1. The molecule has 2 rings (SSSR count). The van der Waals surface area contributed by atoms with Crippen LogP contribution in [-0.2, 0) is 0 Å². The molecule has 0 amide bonds. The zero-order valence-corrected chi connectivity index (χ0v) is 11.6. The molecule has 18 heavy (non-hydrogen) atoms. The van der Waals surface area contributed by atoms with Gasteiger partial charge in [0.25, 0.3) is 0 Å². The normalized spacial score (nSPS) is 27.1. The Hall–Kier alpha value is -1.06. The standard InChI is InChI=1S/C15H24N2O/c1-4-14(13-7-5-6-8-15(13)18)17-9-11(2)16-12(3)10-17/h5-8,11-12,14,16,18H,4,9-10H2,1-3H3. The van der Waals surface area contributed by atoms with Crippen molar-refractivity contribution in [2.75, 3.05) is 13.1 Å². The third-order valence-electron chi connectivity index (χ3n) is 3.71. The number of piperazine rings is 1. The number of nitrogens with zero attached hydrogens (tertiary/aromatic N) is 1. The molecule has 1 aromatic carbocycles. The Morgan fingerprint density at radius 1 is 1.28 bits per heavy atom. The van der Waals surface area contributed by atoms with E-state index in [9.17, 15) is 5.11 Å². The highest BCUT2D eigenvalue weighted by Crippen LogP contribution is 2.31. The number of phenols is 1. The Kier molecular flexibility index (Phi) is 4.25. The van der Waals surface area contributed by atoms with Crippen molar-refractivity contribution in [3.63, 3.8) is 0 Å². The van der Waals surface area contributed by atoms with Crippen molar-refractivity contribution in [1.82, 2.24) is 10.2 Å². The van der Waals surface area contributed by atoms with Gasteiger partial charge in [-0.3, -0.25) is 4.90 Å². The van der Waals surface area contributed by atoms with Crippen LogP contribution in [0.5, 0.6) is 5.75 Å². The topological polar surface area (TPSA) is 35.5 Å². The molecule has 1 fully saturated rings. The lowest BCUT2D eigenvalue weighted by atomic mass is 9.99. The van der Waals surface area contributed by atoms with E-state index in [1.807, 2.05) is 18.2 Å². The zero-order chi connectivity index (χ0) is 13.1. The van der Waals surface area contributed by atoms with Crippen LogP contribution < -0.4 is 5.32 Å². The molecule has 0 radical (unpaired) electrons. The van der Waals surface area contributed by atoms with E-state index in [-0.39, 0.29) is 0 Å². The number of para-hydroxylation sites is 1. The minimum absolute atomic E-state index is 0.318. The fourth-order valence-electron chi connectivity index (χ4n) is 3.07. The minimum atomic E-state index is 0.318. The maximum Gasteiger partial charge on any atom is 0.120 e. The first-order valence-electron chi connectivity index (χ1n) is 6.89. The van der Waals surface area contributed by atoms with E-state index in [0.717, 1.165) is 25.1 Å². The highest BCUT2D eigenvalue weighted by atomic mass is 16.3. The number of benzene rings is 1. The van der Waals surface area contributed by atoms with Gasteiger partial charge in [-0.1, -0.05) is 25.1 Å². The molecule has 3 heteroatoms. The molecule has 0 saturated carbocycles. The minimum Gasteiger partial charge on any atom is -0.508 e. The average Bonchev–Trinajstić information content (AvgIpc) is 2.31. The lowest BCUT2D eigenvalue weighted by Gasteiger charge is -2.41. The molecule has 0 bridgehead atoms. The fourth-order valence-corrected chi connectivity index (χ4v) is 3.07. The van der Waals surface area contributed by atoms with E-state index >= 15 is 0 Å². The lowest BCUT2D eigenvalue weighted by Crippen LogP contribution is -2.54. The van der Waals surface area contributed by atoms with E-state index in [1.165, 1.54) is 0 Å². The maximum absolute atomic E-state index is 10.0. The van der Waals surface area contributed by atoms with E-state index < -0.39 is 0 Å². The van der Waals surface area contributed by atoms with Crippen LogP contribution in [0.2, 0.25) is 0 Å². The Morgan fingerprint density at radius 3 is 2.44 bits per heavy atom. The van der Waals surface area contributed by atoms with Crippen molar-refractivity contribution >= 4 is 0 Å². The van der Waals surface area contributed by atoms with Crippen molar-refractivity contribution < 1.29 is 5.11 Å². The van der Waals surface area contributed by atoms with Crippen LogP contribution in [0.1, 0.15) is 38.8 Å². The summed E-state index contributed by atoms with van der Waals surface area (Å²) in [6.45, 7) is 8.71. The van der Waals surface area contributed by atoms with Gasteiger partial charge in [-0.2, -0.15) is 0 Å². The molecule has 1 aliphatic heterocycles. The predicted molar refractivity (Wildman–Crippen MR) is 74.8 cm³/mol. The lowest BCUT2D eigenvalue weighted by molar-refractivity contribution is 0.118. The second-order valence-electron chi connectivity index (χ2n) is 5.41. The molecular formula is C15H24N2O. The first kappa shape index (κ1) is 13.4. The summed E-state index contributed by atoms with van der Waals surface area (Å²) in [6, 6.07) is 9.05. The largest absolute Gasteiger partial charge is 0.508 e. The maximum atomic E-state index is 10.0. The van der Waals surface area contributed by atoms with Crippen LogP contribution in [0.25, 0.3) is 0 Å². The summed E-state index contributed by atoms with van der Waals surface area (Å²) in [5, 5.41) is 13.6. The van der Waals surface area contributed by atoms with Crippen LogP contribution in [0, 0.1) is 0 Å². The van der Waals surface area contributed by atoms with Crippen molar-refractivity contribution in [3.8, 4) is 5.75 Å². The Balaban J connectivity index is 2.20. The van der Waals surface area contributed by atoms with Crippen LogP contribution in [0.4, 0.5) is 0 Å². The molecule has 0 aliphatic carbocycles. The van der Waals surface area contributed by atoms with Gasteiger partial charge in [0.2, 0.25) is 0 Å². The molecule has 0 spiro atoms. The second-order valence-corrected chi connectivity index (χ2v) is 5.41. The van der Waals surface area contributed by atoms with Crippen LogP contribution in [-0.4, -0.2) is 35.2 Å². The van der Waals surface area contributed by atoms with Crippen molar-refractivity contribution in [1.29, 1.82) is 0 Å². The Labute approximate surface area is 110 Å². The summed E-state index contributed by atoms with van der Waals surface area (Å²) in [5.41, 5.74) is 1.06. The molecule has 3 nitrogen and oxygen atoms in total. The van der Waals surface area contributed by atoms with Crippen molar-refractivity contribution in [2.45, 2.75) is 45.3 Å². The molecule has 3 atom stereocenters. The number of rotatable bonds is 3. The predicted octanol–water partition coefficient (Wildman–Crippen LogP) is 2.53. The van der Waals surface area contributed by atoms with Gasteiger partial charge in [0.15, 0.2) is 0 Å². The molecule has 100 valence electrons. The second kappa shape index (κ2) is 5.72. The first-order chi connectivity index (χ1) is 8.61. The van der Waals surface area contributed by atoms with Gasteiger partial charge < -0.3 is 10.4 Å². The third-order valence-corrected chi connectivity index (χ3v) is 3.71. The highest BCUT2D eigenvalue weighted by molar-refractivity contribution is 5.34. The molecule has 2 N–H and O–H groups in total. The molecule has 1 saturated heterocycles. The summed E-state index contributed by atoms with van der Waals surface area (Å²) in [5.74, 6) is 0.420. The number of hydrogen-bond acceptors (Lipinski definition) is 3. The zero-order valence-electron chi connectivity index (χ0n) is 11.6. The van der Waals surface area contributed by atoms with Gasteiger partial charge in [-0.25, -0.2) is 0 Å². The smallest absolute Gasteiger partial charge is 0.120 e. The molecule has 1 heterocycles. The van der Waals surface area contributed by atoms with Crippen LogP contribution >= 0.6 is 0 Å². The fraction of sp³-hybridized carbons (Fsp3) is 0.600. The summed E-state index contributed by atoms with van der Waals surface area (Å²) in [4.78, 5) is 2.49. The van der Waals surface area contributed by atoms with Gasteiger partial charge in [0.05, 0.1) is 0 Å². The number of phenolic OH excluding ortho intramolecular Hbond substituents is 1. The van der Waals surface area contributed by atoms with Crippen molar-refractivity contribution in [2.24, 2.45) is 0 Å². The van der Waals surface area contributed by atoms with Crippen molar-refractivity contribution in [3.05, 3.63) is 29.8 Å². The highest BCUT2D eigenvalue weighted by Gasteiger charge is 2.28. The van der Waals surface area contributed by atoms with Gasteiger partial charge in [0.1, 0.15) is 5.75 Å². The average molecular weight is 248 g/mol. The Bertz CT molecular complexity index is 384. The molecule has 0 aromatic heterocycles. The number of aromatic hydroxyl groups is 1. The van der Waals surface area contributed by atoms with Gasteiger partial charge in [-0.15, -0.1) is 0 Å². The first-order valence-corrected chi connectivity index (χ1v) is 6.89. The summed E-state index contributed by atoms with van der Waals surface area (Å²) < 4.78 is 0. The number of hydrogen-bond donors (Lipinski definition) is 2. The monoisotopic (exact) mass is 248 g/mol. The SMILES string of the molecule is CCC(c1ccccc1O)N1CC(C)NC(C)C1. The van der Waals surface area contributed by atoms with E-state index in [0.29, 0.717) is 23.9 Å². The van der Waals surface area contributed by atoms with Gasteiger partial charge >= 0.3 is 0 Å². The van der Waals surface area contributed by atoms with Gasteiger partial charge in [0, 0.05) is 36.8 Å². The summed E-state index contributed by atoms with van der Waals surface area (Å²) in [6.07, 6.45) is 1.02. The molecule has 1 aliphatic rings. The summed E-state index contributed by atoms with van der Waals surface area (Å²) in [7, 11) is 0. The van der Waals surface area contributed by atoms with Crippen LogP contribution in [0.15, 0.2) is 24.3 Å². The molecule has 1 aromatic rings. The molecular weight excluding hydrogens is 224 g/mol. The quantitative estimate of drug-likeness (QED) is 0.863. The van der Waals surface area contributed by atoms with E-state index in [1.54, 1.807) is 6.07 Å².